The van der Waals surface area contributed by atoms with Crippen molar-refractivity contribution < 1.29 is 24.3 Å². The Hall–Kier alpha value is -1.37. The topological polar surface area (TPSA) is 76.0 Å². The molecule has 0 bridgehead atoms. The zero-order valence-electron chi connectivity index (χ0n) is 15.0. The first-order valence-corrected chi connectivity index (χ1v) is 7.64. The van der Waals surface area contributed by atoms with Crippen LogP contribution in [0.1, 0.15) is 58.8 Å². The average Bonchev–Trinajstić information content (AvgIpc) is 2.35. The van der Waals surface area contributed by atoms with Crippen molar-refractivity contribution in [3.8, 4) is 0 Å². The summed E-state index contributed by atoms with van der Waals surface area (Å²) in [5.41, 5.74) is -1.73. The Morgan fingerprint density at radius 2 is 1.48 bits per heavy atom. The van der Waals surface area contributed by atoms with E-state index in [2.05, 4.69) is 0 Å². The monoisotopic (exact) mass is 322 g/mol. The minimum absolute atomic E-state index is 0.401. The average molecular weight is 322 g/mol. The van der Waals surface area contributed by atoms with Gasteiger partial charge in [-0.25, -0.2) is 4.79 Å². The summed E-state index contributed by atoms with van der Waals surface area (Å²) in [4.78, 5) is 12.0. The molecule has 0 aliphatic carbocycles. The fourth-order valence-corrected chi connectivity index (χ4v) is 1.61. The van der Waals surface area contributed by atoms with Gasteiger partial charge in [-0.3, -0.25) is 0 Å². The van der Waals surface area contributed by atoms with Crippen LogP contribution in [0.25, 0.3) is 0 Å². The molecule has 1 rings (SSSR count). The largest absolute Gasteiger partial charge is 0.491 e. The van der Waals surface area contributed by atoms with Gasteiger partial charge >= 0.3 is 13.1 Å². The van der Waals surface area contributed by atoms with Gasteiger partial charge in [0, 0.05) is 0 Å². The summed E-state index contributed by atoms with van der Waals surface area (Å²) in [6.07, 6.45) is 0. The van der Waals surface area contributed by atoms with Crippen LogP contribution in [0.2, 0.25) is 0 Å². The third kappa shape index (κ3) is 5.64. The second-order valence-electron chi connectivity index (χ2n) is 7.66. The van der Waals surface area contributed by atoms with Gasteiger partial charge < -0.3 is 19.5 Å². The van der Waals surface area contributed by atoms with E-state index in [1.807, 2.05) is 0 Å². The summed E-state index contributed by atoms with van der Waals surface area (Å²) in [6, 6.07) is 6.36. The molecule has 0 saturated heterocycles. The SMILES string of the molecule is CC(C)(C)OC(=O)c1ccc(B(O)OC(C)(C)C(C)(C)O)cc1. The summed E-state index contributed by atoms with van der Waals surface area (Å²) < 4.78 is 10.8. The fourth-order valence-electron chi connectivity index (χ4n) is 1.61. The van der Waals surface area contributed by atoms with Crippen LogP contribution >= 0.6 is 0 Å². The molecule has 0 aliphatic rings. The molecule has 0 spiro atoms. The van der Waals surface area contributed by atoms with E-state index in [-0.39, 0.29) is 0 Å². The maximum absolute atomic E-state index is 12.0. The molecule has 0 unspecified atom stereocenters. The third-order valence-corrected chi connectivity index (χ3v) is 3.71. The number of rotatable bonds is 5. The van der Waals surface area contributed by atoms with Crippen LogP contribution in [0.15, 0.2) is 24.3 Å². The highest BCUT2D eigenvalue weighted by atomic mass is 16.6. The van der Waals surface area contributed by atoms with Crippen LogP contribution in [-0.2, 0) is 9.39 Å². The molecule has 0 aliphatic heterocycles. The first-order chi connectivity index (χ1) is 10.2. The highest BCUT2D eigenvalue weighted by Crippen LogP contribution is 2.25. The Morgan fingerprint density at radius 1 is 1.00 bits per heavy atom. The summed E-state index contributed by atoms with van der Waals surface area (Å²) >= 11 is 0. The number of hydrogen-bond donors (Lipinski definition) is 2. The number of carbonyl (C=O) groups is 1. The lowest BCUT2D eigenvalue weighted by atomic mass is 9.76. The predicted molar refractivity (Wildman–Crippen MR) is 90.7 cm³/mol. The van der Waals surface area contributed by atoms with Crippen LogP contribution in [0.5, 0.6) is 0 Å². The molecule has 0 saturated carbocycles. The lowest BCUT2D eigenvalue weighted by molar-refractivity contribution is -0.0982. The Bertz CT molecular complexity index is 538. The van der Waals surface area contributed by atoms with Crippen LogP contribution in [0.3, 0.4) is 0 Å². The first-order valence-electron chi connectivity index (χ1n) is 7.64. The highest BCUT2D eigenvalue weighted by molar-refractivity contribution is 6.60. The zero-order valence-corrected chi connectivity index (χ0v) is 15.0. The van der Waals surface area contributed by atoms with E-state index in [4.69, 9.17) is 9.39 Å². The molecule has 6 heteroatoms. The fraction of sp³-hybridized carbons (Fsp3) is 0.588. The van der Waals surface area contributed by atoms with Crippen molar-refractivity contribution in [2.24, 2.45) is 0 Å². The number of ether oxygens (including phenoxy) is 1. The number of carbonyl (C=O) groups excluding carboxylic acids is 1. The van der Waals surface area contributed by atoms with E-state index < -0.39 is 29.9 Å². The first kappa shape index (κ1) is 19.7. The Labute approximate surface area is 138 Å². The Morgan fingerprint density at radius 3 is 1.87 bits per heavy atom. The molecule has 0 aromatic heterocycles. The van der Waals surface area contributed by atoms with Crippen molar-refractivity contribution in [1.82, 2.24) is 0 Å². The molecular formula is C17H27BO5. The number of esters is 1. The van der Waals surface area contributed by atoms with Gasteiger partial charge in [0.15, 0.2) is 0 Å². The number of aliphatic hydroxyl groups is 1. The molecule has 0 heterocycles. The minimum Gasteiger partial charge on any atom is -0.456 e. The van der Waals surface area contributed by atoms with Gasteiger partial charge in [-0.2, -0.15) is 0 Å². The van der Waals surface area contributed by atoms with Gasteiger partial charge in [0.2, 0.25) is 0 Å². The summed E-state index contributed by atoms with van der Waals surface area (Å²) in [5.74, 6) is -0.420. The smallest absolute Gasteiger partial charge is 0.456 e. The second-order valence-corrected chi connectivity index (χ2v) is 7.66. The minimum atomic E-state index is -1.20. The molecule has 1 aromatic rings. The molecule has 1 aromatic carbocycles. The summed E-state index contributed by atoms with van der Waals surface area (Å²) in [6.45, 7) is 12.0. The lowest BCUT2D eigenvalue weighted by Crippen LogP contribution is -2.53. The van der Waals surface area contributed by atoms with Crippen LogP contribution in [0.4, 0.5) is 0 Å². The number of hydrogen-bond acceptors (Lipinski definition) is 5. The van der Waals surface area contributed by atoms with Crippen molar-refractivity contribution in [3.05, 3.63) is 29.8 Å². The van der Waals surface area contributed by atoms with E-state index in [1.165, 1.54) is 0 Å². The van der Waals surface area contributed by atoms with Crippen LogP contribution in [0, 0.1) is 0 Å². The number of benzene rings is 1. The molecule has 0 atom stereocenters. The van der Waals surface area contributed by atoms with E-state index in [0.717, 1.165) is 0 Å². The standard InChI is InChI=1S/C17H27BO5/c1-15(2,3)22-14(19)12-8-10-13(11-9-12)18(21)23-17(6,7)16(4,5)20/h8-11,20-21H,1-7H3. The van der Waals surface area contributed by atoms with Gasteiger partial charge in [-0.1, -0.05) is 12.1 Å². The Kier molecular flexibility index (Phi) is 5.67. The van der Waals surface area contributed by atoms with Gasteiger partial charge in [0.1, 0.15) is 5.60 Å². The second kappa shape index (κ2) is 6.63. The molecule has 2 N–H and O–H groups in total. The van der Waals surface area contributed by atoms with Crippen molar-refractivity contribution in [2.75, 3.05) is 0 Å². The molecular weight excluding hydrogens is 295 g/mol. The maximum Gasteiger partial charge on any atom is 0.491 e. The highest BCUT2D eigenvalue weighted by Gasteiger charge is 2.39. The summed E-state index contributed by atoms with van der Waals surface area (Å²) in [5, 5.41) is 20.3. The predicted octanol–water partition coefficient (Wildman–Crippen LogP) is 1.90. The van der Waals surface area contributed by atoms with E-state index in [9.17, 15) is 14.9 Å². The van der Waals surface area contributed by atoms with Crippen LogP contribution < -0.4 is 5.46 Å². The zero-order chi connectivity index (χ0) is 18.1. The lowest BCUT2D eigenvalue weighted by Gasteiger charge is -2.38. The molecule has 128 valence electrons. The molecule has 23 heavy (non-hydrogen) atoms. The van der Waals surface area contributed by atoms with Gasteiger partial charge in [-0.15, -0.1) is 0 Å². The maximum atomic E-state index is 12.0. The summed E-state index contributed by atoms with van der Waals surface area (Å²) in [7, 11) is -1.20. The third-order valence-electron chi connectivity index (χ3n) is 3.71. The Balaban J connectivity index is 2.83. The van der Waals surface area contributed by atoms with Crippen molar-refractivity contribution in [2.45, 2.75) is 65.3 Å². The van der Waals surface area contributed by atoms with E-state index >= 15 is 0 Å². The molecule has 5 nitrogen and oxygen atoms in total. The van der Waals surface area contributed by atoms with Crippen molar-refractivity contribution in [1.29, 1.82) is 0 Å². The van der Waals surface area contributed by atoms with Gasteiger partial charge in [-0.05, 0) is 66.1 Å². The van der Waals surface area contributed by atoms with Crippen molar-refractivity contribution >= 4 is 18.6 Å². The quantitative estimate of drug-likeness (QED) is 0.640. The van der Waals surface area contributed by atoms with Gasteiger partial charge in [0.25, 0.3) is 0 Å². The van der Waals surface area contributed by atoms with E-state index in [0.29, 0.717) is 11.0 Å². The van der Waals surface area contributed by atoms with Crippen molar-refractivity contribution in [3.63, 3.8) is 0 Å². The van der Waals surface area contributed by atoms with Crippen LogP contribution in [-0.4, -0.2) is 40.0 Å². The van der Waals surface area contributed by atoms with E-state index in [1.54, 1.807) is 72.7 Å². The normalized spacial score (nSPS) is 12.9. The van der Waals surface area contributed by atoms with Gasteiger partial charge in [0.05, 0.1) is 16.8 Å². The molecule has 0 radical (unpaired) electrons. The molecule has 0 fully saturated rings. The molecule has 0 amide bonds.